The largest absolute Gasteiger partial charge is 0.378 e. The maximum absolute atomic E-state index is 14.1. The first-order valence-corrected chi connectivity index (χ1v) is 13.7. The Balaban J connectivity index is 1.51. The topological polar surface area (TPSA) is 118 Å². The number of terminal acetylenes is 1. The fraction of sp³-hybridized carbons (Fsp3) is 0.357. The van der Waals surface area contributed by atoms with Crippen molar-refractivity contribution in [2.75, 3.05) is 51.4 Å². The number of hydrogen-bond acceptors (Lipinski definition) is 8. The second-order valence-corrected chi connectivity index (χ2v) is 11.1. The van der Waals surface area contributed by atoms with Crippen LogP contribution in [-0.4, -0.2) is 95.6 Å². The Labute approximate surface area is 237 Å². The molecular formula is C28H32N8O3S. The van der Waals surface area contributed by atoms with Crippen LogP contribution in [0.5, 0.6) is 0 Å². The van der Waals surface area contributed by atoms with E-state index in [1.54, 1.807) is 14.8 Å². The molecule has 0 radical (unpaired) electrons. The molecule has 0 spiro atoms. The summed E-state index contributed by atoms with van der Waals surface area (Å²) < 4.78 is 0.941. The van der Waals surface area contributed by atoms with E-state index in [2.05, 4.69) is 16.2 Å². The third-order valence-corrected chi connectivity index (χ3v) is 8.18. The minimum Gasteiger partial charge on any atom is -0.378 e. The molecule has 2 aliphatic heterocycles. The minimum absolute atomic E-state index is 0.0146. The van der Waals surface area contributed by atoms with Crippen molar-refractivity contribution in [1.29, 1.82) is 0 Å². The number of piperazine rings is 1. The van der Waals surface area contributed by atoms with E-state index >= 15 is 0 Å². The molecule has 0 aliphatic carbocycles. The molecule has 3 aromatic rings. The first kappa shape index (κ1) is 27.2. The van der Waals surface area contributed by atoms with Crippen LogP contribution in [0.4, 0.5) is 15.6 Å². The van der Waals surface area contributed by atoms with Gasteiger partial charge in [0.1, 0.15) is 12.2 Å². The number of fused-ring (bicyclic) bond motifs is 2. The molecule has 2 saturated heterocycles. The number of anilines is 2. The fourth-order valence-corrected chi connectivity index (χ4v) is 6.18. The number of carbonyl (C=O) groups is 3. The Hall–Kier alpha value is -4.34. The van der Waals surface area contributed by atoms with E-state index in [9.17, 15) is 14.4 Å². The van der Waals surface area contributed by atoms with Gasteiger partial charge in [-0.1, -0.05) is 41.5 Å². The molecule has 0 bridgehead atoms. The molecule has 0 unspecified atom stereocenters. The number of urea groups is 1. The summed E-state index contributed by atoms with van der Waals surface area (Å²) >= 11 is 1.39. The number of carbonyl (C=O) groups excluding carboxylic acids is 3. The second-order valence-electron chi connectivity index (χ2n) is 10.0. The number of nitrogen functional groups attached to an aromatic ring is 1. The number of hydrogen-bond donors (Lipinski definition) is 2. The number of benzene rings is 2. The Morgan fingerprint density at radius 2 is 1.98 bits per heavy atom. The molecule has 11 nitrogen and oxygen atoms in total. The zero-order valence-corrected chi connectivity index (χ0v) is 23.5. The SMILES string of the molecule is C#CCN(C(=O)NC)N1CC(=O)N2[C@@H](Cc3ccc(N(C)C)cc3)C(=O)N(Cc3cccc4sc(N)nc34)C[C@@H]21. The van der Waals surface area contributed by atoms with Crippen molar-refractivity contribution in [3.05, 3.63) is 53.6 Å². The van der Waals surface area contributed by atoms with E-state index in [1.807, 2.05) is 61.5 Å². The van der Waals surface area contributed by atoms with E-state index in [1.165, 1.54) is 23.4 Å². The molecule has 3 N–H and O–H groups in total. The van der Waals surface area contributed by atoms with Gasteiger partial charge in [0.25, 0.3) is 0 Å². The highest BCUT2D eigenvalue weighted by atomic mass is 32.1. The fourth-order valence-electron chi connectivity index (χ4n) is 5.39. The maximum Gasteiger partial charge on any atom is 0.332 e. The van der Waals surface area contributed by atoms with Crippen LogP contribution in [-0.2, 0) is 22.6 Å². The van der Waals surface area contributed by atoms with Crippen molar-refractivity contribution in [2.45, 2.75) is 25.2 Å². The molecule has 2 aliphatic rings. The Bertz CT molecular complexity index is 1480. The van der Waals surface area contributed by atoms with E-state index in [0.29, 0.717) is 11.6 Å². The molecule has 0 saturated carbocycles. The first-order valence-electron chi connectivity index (χ1n) is 12.9. The number of nitrogens with two attached hydrogens (primary N) is 1. The molecule has 2 fully saturated rings. The zero-order chi connectivity index (χ0) is 28.6. The van der Waals surface area contributed by atoms with Gasteiger partial charge in [-0.05, 0) is 29.3 Å². The normalized spacial score (nSPS) is 19.1. The van der Waals surface area contributed by atoms with E-state index in [0.717, 1.165) is 27.0 Å². The van der Waals surface area contributed by atoms with Gasteiger partial charge in [-0.3, -0.25) is 9.59 Å². The summed E-state index contributed by atoms with van der Waals surface area (Å²) in [5, 5.41) is 6.09. The molecule has 12 heteroatoms. The van der Waals surface area contributed by atoms with Crippen molar-refractivity contribution in [2.24, 2.45) is 0 Å². The van der Waals surface area contributed by atoms with E-state index in [-0.39, 0.29) is 38.0 Å². The lowest BCUT2D eigenvalue weighted by molar-refractivity contribution is -0.157. The van der Waals surface area contributed by atoms with Crippen LogP contribution in [0.2, 0.25) is 0 Å². The molecular weight excluding hydrogens is 528 g/mol. The number of amides is 4. The lowest BCUT2D eigenvalue weighted by Gasteiger charge is -2.46. The molecule has 208 valence electrons. The number of nitrogens with zero attached hydrogens (tertiary/aromatic N) is 6. The van der Waals surface area contributed by atoms with Gasteiger partial charge < -0.3 is 25.8 Å². The van der Waals surface area contributed by atoms with Crippen molar-refractivity contribution < 1.29 is 14.4 Å². The summed E-state index contributed by atoms with van der Waals surface area (Å²) in [5.74, 6) is 2.12. The van der Waals surface area contributed by atoms with Gasteiger partial charge in [-0.2, -0.15) is 5.01 Å². The van der Waals surface area contributed by atoms with Crippen molar-refractivity contribution in [3.63, 3.8) is 0 Å². The van der Waals surface area contributed by atoms with Gasteiger partial charge in [0.2, 0.25) is 11.8 Å². The Morgan fingerprint density at radius 3 is 2.65 bits per heavy atom. The Morgan fingerprint density at radius 1 is 1.23 bits per heavy atom. The van der Waals surface area contributed by atoms with Crippen molar-refractivity contribution in [3.8, 4) is 12.3 Å². The molecule has 40 heavy (non-hydrogen) atoms. The number of thiazole rings is 1. The lowest BCUT2D eigenvalue weighted by atomic mass is 9.99. The quantitative estimate of drug-likeness (QED) is 0.421. The molecule has 3 heterocycles. The summed E-state index contributed by atoms with van der Waals surface area (Å²) in [6.07, 6.45) is 5.35. The van der Waals surface area contributed by atoms with Crippen LogP contribution in [0.3, 0.4) is 0 Å². The smallest absolute Gasteiger partial charge is 0.332 e. The van der Waals surface area contributed by atoms with Crippen LogP contribution in [0.1, 0.15) is 11.1 Å². The predicted octanol–water partition coefficient (Wildman–Crippen LogP) is 1.56. The van der Waals surface area contributed by atoms with Gasteiger partial charge in [0.15, 0.2) is 5.13 Å². The van der Waals surface area contributed by atoms with Crippen LogP contribution in [0.25, 0.3) is 10.2 Å². The van der Waals surface area contributed by atoms with Crippen LogP contribution < -0.4 is 16.0 Å². The maximum atomic E-state index is 14.1. The average molecular weight is 561 g/mol. The van der Waals surface area contributed by atoms with Gasteiger partial charge in [0.05, 0.1) is 29.9 Å². The highest BCUT2D eigenvalue weighted by molar-refractivity contribution is 7.22. The van der Waals surface area contributed by atoms with Crippen molar-refractivity contribution >= 4 is 50.2 Å². The number of rotatable bonds is 7. The highest BCUT2D eigenvalue weighted by Crippen LogP contribution is 2.32. The van der Waals surface area contributed by atoms with Gasteiger partial charge in [-0.25, -0.2) is 14.8 Å². The summed E-state index contributed by atoms with van der Waals surface area (Å²) in [4.78, 5) is 50.1. The van der Waals surface area contributed by atoms with Crippen LogP contribution >= 0.6 is 11.3 Å². The summed E-state index contributed by atoms with van der Waals surface area (Å²) in [5.41, 5.74) is 9.56. The summed E-state index contributed by atoms with van der Waals surface area (Å²) in [6, 6.07) is 12.6. The predicted molar refractivity (Wildman–Crippen MR) is 155 cm³/mol. The number of aromatic nitrogens is 1. The molecule has 2 aromatic carbocycles. The van der Waals surface area contributed by atoms with E-state index in [4.69, 9.17) is 12.2 Å². The second kappa shape index (κ2) is 11.0. The average Bonchev–Trinajstić information content (AvgIpc) is 3.48. The van der Waals surface area contributed by atoms with Gasteiger partial charge >= 0.3 is 6.03 Å². The number of nitrogens with one attached hydrogen (secondary N) is 1. The zero-order valence-electron chi connectivity index (χ0n) is 22.7. The van der Waals surface area contributed by atoms with Crippen molar-refractivity contribution in [1.82, 2.24) is 30.1 Å². The van der Waals surface area contributed by atoms with E-state index < -0.39 is 18.2 Å². The van der Waals surface area contributed by atoms with Crippen LogP contribution in [0.15, 0.2) is 42.5 Å². The standard InChI is InChI=1S/C28H32N8O3S/c1-5-13-34(28(39)30-2)35-17-24(37)36-21(14-18-9-11-20(12-10-18)32(3)4)26(38)33(16-23(35)36)15-19-7-6-8-22-25(19)31-27(29)40-22/h1,6-12,21,23H,13-17H2,2-4H3,(H2,29,31)(H,30,39)/t21-,23+/m0/s1. The third-order valence-electron chi connectivity index (χ3n) is 7.33. The number of hydrazine groups is 1. The highest BCUT2D eigenvalue weighted by Gasteiger charge is 2.52. The monoisotopic (exact) mass is 560 g/mol. The Kier molecular flexibility index (Phi) is 7.51. The lowest BCUT2D eigenvalue weighted by Crippen LogP contribution is -2.66. The minimum atomic E-state index is -0.751. The third kappa shape index (κ3) is 5.01. The van der Waals surface area contributed by atoms with Gasteiger partial charge in [-0.15, -0.1) is 6.42 Å². The van der Waals surface area contributed by atoms with Gasteiger partial charge in [0, 0.05) is 39.8 Å². The molecule has 5 rings (SSSR count). The molecule has 2 atom stereocenters. The summed E-state index contributed by atoms with van der Waals surface area (Å²) in [6.45, 7) is 0.417. The molecule has 1 aromatic heterocycles. The summed E-state index contributed by atoms with van der Waals surface area (Å²) in [7, 11) is 5.44. The first-order chi connectivity index (χ1) is 19.2. The molecule has 4 amide bonds. The van der Waals surface area contributed by atoms with Crippen LogP contribution in [0, 0.1) is 12.3 Å². The number of para-hydroxylation sites is 1.